The minimum Gasteiger partial charge on any atom is -0.405 e. The van der Waals surface area contributed by atoms with Crippen LogP contribution in [0.5, 0.6) is 0 Å². The molecule has 0 spiro atoms. The number of oxazole rings is 1. The molecule has 176 valence electrons. The van der Waals surface area contributed by atoms with Crippen molar-refractivity contribution in [1.29, 1.82) is 0 Å². The zero-order chi connectivity index (χ0) is 23.7. The molecule has 7 nitrogen and oxygen atoms in total. The SMILES string of the molecule is Nc1nc2cc(-c3ccc(SN4CCC(Nc5ccc(C(F)(F)F)cn5)CC4)cc3)cnc2o1. The lowest BCUT2D eigenvalue weighted by Gasteiger charge is -2.31. The summed E-state index contributed by atoms with van der Waals surface area (Å²) in [6, 6.07) is 12.8. The predicted octanol–water partition coefficient (Wildman–Crippen LogP) is 5.47. The molecule has 1 aromatic carbocycles. The number of hydrogen-bond acceptors (Lipinski definition) is 8. The monoisotopic (exact) mass is 486 g/mol. The van der Waals surface area contributed by atoms with Crippen molar-refractivity contribution in [2.75, 3.05) is 24.1 Å². The van der Waals surface area contributed by atoms with E-state index in [0.29, 0.717) is 17.0 Å². The topological polar surface area (TPSA) is 93.1 Å². The van der Waals surface area contributed by atoms with Crippen molar-refractivity contribution >= 4 is 35.0 Å². The summed E-state index contributed by atoms with van der Waals surface area (Å²) in [6.07, 6.45) is -0.0202. The minimum atomic E-state index is -4.37. The third-order valence-corrected chi connectivity index (χ3v) is 6.69. The molecule has 0 aliphatic carbocycles. The molecule has 0 atom stereocenters. The van der Waals surface area contributed by atoms with Gasteiger partial charge in [0.25, 0.3) is 6.01 Å². The van der Waals surface area contributed by atoms with Crippen molar-refractivity contribution in [3.05, 3.63) is 60.4 Å². The average Bonchev–Trinajstić information content (AvgIpc) is 3.20. The molecule has 0 bridgehead atoms. The summed E-state index contributed by atoms with van der Waals surface area (Å²) >= 11 is 1.69. The van der Waals surface area contributed by atoms with E-state index in [1.165, 1.54) is 6.07 Å². The minimum absolute atomic E-state index is 0.0981. The van der Waals surface area contributed by atoms with E-state index in [1.807, 2.05) is 18.2 Å². The summed E-state index contributed by atoms with van der Waals surface area (Å²) < 4.78 is 45.6. The second kappa shape index (κ2) is 9.15. The second-order valence-electron chi connectivity index (χ2n) is 7.99. The van der Waals surface area contributed by atoms with E-state index in [-0.39, 0.29) is 12.1 Å². The molecule has 0 unspecified atom stereocenters. The van der Waals surface area contributed by atoms with Crippen molar-refractivity contribution in [3.8, 4) is 11.1 Å². The Morgan fingerprint density at radius 2 is 1.76 bits per heavy atom. The van der Waals surface area contributed by atoms with E-state index in [4.69, 9.17) is 10.2 Å². The predicted molar refractivity (Wildman–Crippen MR) is 125 cm³/mol. The molecular formula is C23H21F3N6OS. The normalized spacial score (nSPS) is 15.6. The van der Waals surface area contributed by atoms with Crippen molar-refractivity contribution in [1.82, 2.24) is 19.3 Å². The van der Waals surface area contributed by atoms with E-state index < -0.39 is 11.7 Å². The van der Waals surface area contributed by atoms with Crippen LogP contribution in [0.4, 0.5) is 25.0 Å². The molecule has 4 heterocycles. The molecule has 1 saturated heterocycles. The summed E-state index contributed by atoms with van der Waals surface area (Å²) in [6.45, 7) is 1.72. The number of nitrogen functional groups attached to an aromatic ring is 1. The number of aromatic nitrogens is 3. The van der Waals surface area contributed by atoms with E-state index in [9.17, 15) is 13.2 Å². The lowest BCUT2D eigenvalue weighted by atomic mass is 10.1. The lowest BCUT2D eigenvalue weighted by Crippen LogP contribution is -2.35. The Balaban J connectivity index is 1.14. The molecule has 0 amide bonds. The van der Waals surface area contributed by atoms with E-state index in [1.54, 1.807) is 18.1 Å². The highest BCUT2D eigenvalue weighted by molar-refractivity contribution is 7.97. The van der Waals surface area contributed by atoms with Gasteiger partial charge in [0.15, 0.2) is 0 Å². The molecule has 0 radical (unpaired) electrons. The van der Waals surface area contributed by atoms with E-state index >= 15 is 0 Å². The third kappa shape index (κ3) is 5.10. The Morgan fingerprint density at radius 1 is 1.00 bits per heavy atom. The van der Waals surface area contributed by atoms with Crippen LogP contribution in [0.25, 0.3) is 22.4 Å². The summed E-state index contributed by atoms with van der Waals surface area (Å²) in [5, 5.41) is 3.24. The number of rotatable bonds is 5. The maximum absolute atomic E-state index is 12.7. The average molecular weight is 487 g/mol. The van der Waals surface area contributed by atoms with Gasteiger partial charge in [0.2, 0.25) is 5.71 Å². The highest BCUT2D eigenvalue weighted by Crippen LogP contribution is 2.31. The zero-order valence-electron chi connectivity index (χ0n) is 17.9. The molecule has 34 heavy (non-hydrogen) atoms. The third-order valence-electron chi connectivity index (χ3n) is 5.58. The van der Waals surface area contributed by atoms with Gasteiger partial charge < -0.3 is 15.5 Å². The van der Waals surface area contributed by atoms with Gasteiger partial charge in [-0.1, -0.05) is 12.1 Å². The Kier molecular flexibility index (Phi) is 6.05. The Labute approximate surface area is 197 Å². The lowest BCUT2D eigenvalue weighted by molar-refractivity contribution is -0.137. The van der Waals surface area contributed by atoms with Crippen molar-refractivity contribution in [3.63, 3.8) is 0 Å². The number of pyridine rings is 2. The first-order valence-electron chi connectivity index (χ1n) is 10.7. The number of hydrogen-bond donors (Lipinski definition) is 2. The molecular weight excluding hydrogens is 465 g/mol. The number of halogens is 3. The molecule has 1 aliphatic heterocycles. The van der Waals surface area contributed by atoms with Crippen LogP contribution in [0.15, 0.2) is 64.2 Å². The smallest absolute Gasteiger partial charge is 0.405 e. The molecule has 4 aromatic rings. The fourth-order valence-electron chi connectivity index (χ4n) is 3.80. The van der Waals surface area contributed by atoms with Gasteiger partial charge in [-0.15, -0.1) is 0 Å². The molecule has 1 fully saturated rings. The first-order chi connectivity index (χ1) is 16.3. The number of fused-ring (bicyclic) bond motifs is 1. The van der Waals surface area contributed by atoms with Crippen molar-refractivity contribution < 1.29 is 17.6 Å². The second-order valence-corrected chi connectivity index (χ2v) is 9.16. The largest absolute Gasteiger partial charge is 0.417 e. The van der Waals surface area contributed by atoms with Crippen LogP contribution in [0.1, 0.15) is 18.4 Å². The highest BCUT2D eigenvalue weighted by Gasteiger charge is 2.30. The molecule has 0 saturated carbocycles. The van der Waals surface area contributed by atoms with Gasteiger partial charge in [-0.25, -0.2) is 14.3 Å². The van der Waals surface area contributed by atoms with Crippen LogP contribution in [0.2, 0.25) is 0 Å². The standard InChI is InChI=1S/C23H21F3N6OS/c24-23(25,26)16-3-6-20(28-13-16)30-17-7-9-32(10-8-17)34-18-4-1-14(2-5-18)15-11-19-21(29-12-15)33-22(27)31-19/h1-6,11-13,17H,7-10H2,(H2,27,31)(H,28,30). The molecule has 5 rings (SSSR count). The van der Waals surface area contributed by atoms with Gasteiger partial charge in [-0.2, -0.15) is 18.2 Å². The molecule has 1 aliphatic rings. The van der Waals surface area contributed by atoms with Crippen LogP contribution in [0, 0.1) is 0 Å². The van der Waals surface area contributed by atoms with E-state index in [2.05, 4.69) is 36.7 Å². The number of benzene rings is 1. The molecule has 3 N–H and O–H groups in total. The number of nitrogens with one attached hydrogen (secondary N) is 1. The van der Waals surface area contributed by atoms with Crippen LogP contribution in [-0.2, 0) is 6.18 Å². The van der Waals surface area contributed by atoms with Crippen LogP contribution < -0.4 is 11.1 Å². The maximum Gasteiger partial charge on any atom is 0.417 e. The Morgan fingerprint density at radius 3 is 2.44 bits per heavy atom. The zero-order valence-corrected chi connectivity index (χ0v) is 18.7. The Bertz CT molecular complexity index is 1270. The number of anilines is 2. The van der Waals surface area contributed by atoms with Gasteiger partial charge in [0.1, 0.15) is 11.3 Å². The number of nitrogens with zero attached hydrogens (tertiary/aromatic N) is 4. The van der Waals surface area contributed by atoms with Crippen molar-refractivity contribution in [2.24, 2.45) is 0 Å². The van der Waals surface area contributed by atoms with Gasteiger partial charge in [0, 0.05) is 42.0 Å². The van der Waals surface area contributed by atoms with Gasteiger partial charge >= 0.3 is 6.18 Å². The first-order valence-corrected chi connectivity index (χ1v) is 11.5. The summed E-state index contributed by atoms with van der Waals surface area (Å²) in [5.74, 6) is 0.468. The van der Waals surface area contributed by atoms with Crippen molar-refractivity contribution in [2.45, 2.75) is 30.0 Å². The van der Waals surface area contributed by atoms with Gasteiger partial charge in [0.05, 0.1) is 5.56 Å². The fraction of sp³-hybridized carbons (Fsp3) is 0.261. The quantitative estimate of drug-likeness (QED) is 0.359. The summed E-state index contributed by atoms with van der Waals surface area (Å²) in [5.41, 5.74) is 7.84. The first kappa shape index (κ1) is 22.5. The molecule has 3 aromatic heterocycles. The highest BCUT2D eigenvalue weighted by atomic mass is 32.2. The maximum atomic E-state index is 12.7. The number of piperidine rings is 1. The summed E-state index contributed by atoms with van der Waals surface area (Å²) in [4.78, 5) is 13.4. The van der Waals surface area contributed by atoms with Gasteiger partial charge in [-0.05, 0) is 60.7 Å². The fourth-order valence-corrected chi connectivity index (χ4v) is 4.75. The van der Waals surface area contributed by atoms with Crippen LogP contribution in [0.3, 0.4) is 0 Å². The summed E-state index contributed by atoms with van der Waals surface area (Å²) in [7, 11) is 0. The molecule has 11 heteroatoms. The van der Waals surface area contributed by atoms with Gasteiger partial charge in [-0.3, -0.25) is 0 Å². The number of alkyl halides is 3. The number of nitrogens with two attached hydrogens (primary N) is 1. The van der Waals surface area contributed by atoms with E-state index in [0.717, 1.165) is 54.2 Å². The van der Waals surface area contributed by atoms with Crippen LogP contribution in [-0.4, -0.2) is 38.4 Å². The Hall–Kier alpha value is -3.31. The van der Waals surface area contributed by atoms with Crippen LogP contribution >= 0.6 is 11.9 Å².